The first kappa shape index (κ1) is 16.5. The maximum absolute atomic E-state index is 12.1. The molecule has 108 valence electrons. The van der Waals surface area contributed by atoms with Crippen molar-refractivity contribution in [3.63, 3.8) is 0 Å². The van der Waals surface area contributed by atoms with E-state index in [1.807, 2.05) is 12.3 Å². The molecule has 2 N–H and O–H groups in total. The van der Waals surface area contributed by atoms with E-state index in [4.69, 9.17) is 0 Å². The zero-order valence-corrected chi connectivity index (χ0v) is 13.3. The molecule has 0 amide bonds. The van der Waals surface area contributed by atoms with Crippen LogP contribution < -0.4 is 10.0 Å². The zero-order chi connectivity index (χ0) is 14.3. The molecule has 0 aromatic heterocycles. The van der Waals surface area contributed by atoms with Gasteiger partial charge in [-0.15, -0.1) is 0 Å². The fourth-order valence-corrected chi connectivity index (χ4v) is 3.04. The second kappa shape index (κ2) is 7.89. The lowest BCUT2D eigenvalue weighted by molar-refractivity contribution is 0.581. The van der Waals surface area contributed by atoms with Gasteiger partial charge < -0.3 is 5.32 Å². The monoisotopic (exact) mass is 302 g/mol. The van der Waals surface area contributed by atoms with Gasteiger partial charge in [-0.3, -0.25) is 0 Å². The van der Waals surface area contributed by atoms with E-state index in [0.29, 0.717) is 24.0 Å². The topological polar surface area (TPSA) is 58.2 Å². The summed E-state index contributed by atoms with van der Waals surface area (Å²) in [6.07, 6.45) is 1.95. The third-order valence-electron chi connectivity index (χ3n) is 2.52. The van der Waals surface area contributed by atoms with Crippen molar-refractivity contribution in [3.8, 4) is 0 Å². The number of rotatable bonds is 8. The molecule has 1 aromatic rings. The van der Waals surface area contributed by atoms with Gasteiger partial charge in [0.15, 0.2) is 0 Å². The molecule has 0 aliphatic heterocycles. The van der Waals surface area contributed by atoms with E-state index in [9.17, 15) is 8.42 Å². The molecule has 19 heavy (non-hydrogen) atoms. The van der Waals surface area contributed by atoms with Crippen LogP contribution in [0.1, 0.15) is 19.4 Å². The van der Waals surface area contributed by atoms with Crippen molar-refractivity contribution in [2.45, 2.75) is 31.3 Å². The smallest absolute Gasteiger partial charge is 0.240 e. The van der Waals surface area contributed by atoms with Crippen molar-refractivity contribution < 1.29 is 8.42 Å². The lowest BCUT2D eigenvalue weighted by Crippen LogP contribution is -2.26. The first-order chi connectivity index (χ1) is 8.95. The maximum Gasteiger partial charge on any atom is 0.240 e. The lowest BCUT2D eigenvalue weighted by atomic mass is 10.2. The van der Waals surface area contributed by atoms with Crippen LogP contribution >= 0.6 is 11.8 Å². The zero-order valence-electron chi connectivity index (χ0n) is 11.6. The van der Waals surface area contributed by atoms with Crippen LogP contribution in [0.3, 0.4) is 0 Å². The van der Waals surface area contributed by atoms with Crippen LogP contribution in [0.4, 0.5) is 0 Å². The summed E-state index contributed by atoms with van der Waals surface area (Å²) in [7, 11) is -3.38. The molecule has 0 aliphatic carbocycles. The van der Waals surface area contributed by atoms with Crippen LogP contribution in [0.2, 0.25) is 0 Å². The average molecular weight is 302 g/mol. The fourth-order valence-electron chi connectivity index (χ4n) is 1.51. The van der Waals surface area contributed by atoms with E-state index in [0.717, 1.165) is 11.3 Å². The molecular weight excluding hydrogens is 280 g/mol. The highest BCUT2D eigenvalue weighted by molar-refractivity contribution is 7.98. The molecule has 0 spiro atoms. The predicted octanol–water partition coefficient (Wildman–Crippen LogP) is 1.83. The molecule has 0 atom stereocenters. The summed E-state index contributed by atoms with van der Waals surface area (Å²) in [6.45, 7) is 5.25. The summed E-state index contributed by atoms with van der Waals surface area (Å²) < 4.78 is 26.7. The van der Waals surface area contributed by atoms with Crippen LogP contribution in [0.15, 0.2) is 29.2 Å². The molecule has 6 heteroatoms. The van der Waals surface area contributed by atoms with Gasteiger partial charge in [-0.2, -0.15) is 11.8 Å². The molecule has 0 unspecified atom stereocenters. The molecule has 0 radical (unpaired) electrons. The molecule has 0 heterocycles. The van der Waals surface area contributed by atoms with Crippen molar-refractivity contribution in [2.24, 2.45) is 0 Å². The third kappa shape index (κ3) is 5.95. The SMILES string of the molecule is CSCCNS(=O)(=O)c1cccc(CNC(C)C)c1. The Morgan fingerprint density at radius 3 is 2.68 bits per heavy atom. The molecule has 4 nitrogen and oxygen atoms in total. The largest absolute Gasteiger partial charge is 0.310 e. The van der Waals surface area contributed by atoms with Gasteiger partial charge in [0.05, 0.1) is 4.90 Å². The number of sulfonamides is 1. The number of hydrogen-bond donors (Lipinski definition) is 2. The van der Waals surface area contributed by atoms with Gasteiger partial charge in [0.2, 0.25) is 10.0 Å². The van der Waals surface area contributed by atoms with Crippen molar-refractivity contribution in [1.29, 1.82) is 0 Å². The summed E-state index contributed by atoms with van der Waals surface area (Å²) in [5.74, 6) is 0.772. The van der Waals surface area contributed by atoms with E-state index >= 15 is 0 Å². The van der Waals surface area contributed by atoms with E-state index in [-0.39, 0.29) is 0 Å². The fraction of sp³-hybridized carbons (Fsp3) is 0.538. The Bertz CT molecular complexity index is 487. The van der Waals surface area contributed by atoms with Crippen molar-refractivity contribution >= 4 is 21.8 Å². The van der Waals surface area contributed by atoms with Crippen molar-refractivity contribution in [3.05, 3.63) is 29.8 Å². The second-order valence-electron chi connectivity index (χ2n) is 4.57. The van der Waals surface area contributed by atoms with Crippen LogP contribution in [0, 0.1) is 0 Å². The Kier molecular flexibility index (Phi) is 6.85. The standard InChI is InChI=1S/C13H22N2O2S2/c1-11(2)14-10-12-5-4-6-13(9-12)19(16,17)15-7-8-18-3/h4-6,9,11,14-15H,7-8,10H2,1-3H3. The molecule has 1 aromatic carbocycles. The second-order valence-corrected chi connectivity index (χ2v) is 7.33. The van der Waals surface area contributed by atoms with Crippen LogP contribution in [0.25, 0.3) is 0 Å². The van der Waals surface area contributed by atoms with Gasteiger partial charge in [0, 0.05) is 24.9 Å². The first-order valence-corrected chi connectivity index (χ1v) is 9.14. The normalized spacial score (nSPS) is 12.0. The molecule has 0 saturated heterocycles. The first-order valence-electron chi connectivity index (χ1n) is 6.26. The minimum Gasteiger partial charge on any atom is -0.310 e. The molecule has 0 aliphatic rings. The Balaban J connectivity index is 2.74. The van der Waals surface area contributed by atoms with Crippen LogP contribution in [-0.2, 0) is 16.6 Å². The third-order valence-corrected chi connectivity index (χ3v) is 4.59. The Labute approximate surface area is 120 Å². The summed E-state index contributed by atoms with van der Waals surface area (Å²) in [6, 6.07) is 7.42. The number of thioether (sulfide) groups is 1. The molecular formula is C13H22N2O2S2. The van der Waals surface area contributed by atoms with E-state index in [1.165, 1.54) is 0 Å². The summed E-state index contributed by atoms with van der Waals surface area (Å²) in [5.41, 5.74) is 0.974. The van der Waals surface area contributed by atoms with Crippen molar-refractivity contribution in [2.75, 3.05) is 18.6 Å². The quantitative estimate of drug-likeness (QED) is 0.719. The summed E-state index contributed by atoms with van der Waals surface area (Å²) in [5, 5.41) is 3.27. The summed E-state index contributed by atoms with van der Waals surface area (Å²) in [4.78, 5) is 0.330. The van der Waals surface area contributed by atoms with Gasteiger partial charge in [-0.1, -0.05) is 26.0 Å². The van der Waals surface area contributed by atoms with Crippen LogP contribution in [0.5, 0.6) is 0 Å². The Morgan fingerprint density at radius 1 is 1.32 bits per heavy atom. The molecule has 1 rings (SSSR count). The number of hydrogen-bond acceptors (Lipinski definition) is 4. The maximum atomic E-state index is 12.1. The van der Waals surface area contributed by atoms with E-state index in [2.05, 4.69) is 23.9 Å². The Hall–Kier alpha value is -0.560. The number of benzene rings is 1. The molecule has 0 fully saturated rings. The average Bonchev–Trinajstić information content (AvgIpc) is 2.37. The van der Waals surface area contributed by atoms with Gasteiger partial charge in [0.1, 0.15) is 0 Å². The Morgan fingerprint density at radius 2 is 2.05 bits per heavy atom. The highest BCUT2D eigenvalue weighted by atomic mass is 32.2. The van der Waals surface area contributed by atoms with Crippen molar-refractivity contribution in [1.82, 2.24) is 10.0 Å². The predicted molar refractivity (Wildman–Crippen MR) is 82.0 cm³/mol. The van der Waals surface area contributed by atoms with Gasteiger partial charge in [-0.25, -0.2) is 13.1 Å². The van der Waals surface area contributed by atoms with E-state index < -0.39 is 10.0 Å². The molecule has 0 bridgehead atoms. The molecule has 0 saturated carbocycles. The highest BCUT2D eigenvalue weighted by Crippen LogP contribution is 2.11. The lowest BCUT2D eigenvalue weighted by Gasteiger charge is -2.10. The van der Waals surface area contributed by atoms with Gasteiger partial charge in [0.25, 0.3) is 0 Å². The minimum atomic E-state index is -3.38. The van der Waals surface area contributed by atoms with E-state index in [1.54, 1.807) is 30.0 Å². The highest BCUT2D eigenvalue weighted by Gasteiger charge is 2.13. The summed E-state index contributed by atoms with van der Waals surface area (Å²) >= 11 is 1.62. The van der Waals surface area contributed by atoms with Crippen LogP contribution in [-0.4, -0.2) is 33.0 Å². The number of nitrogens with one attached hydrogen (secondary N) is 2. The van der Waals surface area contributed by atoms with Gasteiger partial charge in [-0.05, 0) is 24.0 Å². The van der Waals surface area contributed by atoms with Gasteiger partial charge >= 0.3 is 0 Å². The minimum absolute atomic E-state index is 0.330.